The SMILES string of the molecule is Nc1nc(NCCc2ccc(O)c(O)c2)nc(NCN(CCc2ccc(O)c(O)c2)c2nc(N)nc(N)n2)n1. The van der Waals surface area contributed by atoms with E-state index in [9.17, 15) is 20.4 Å². The van der Waals surface area contributed by atoms with Crippen LogP contribution in [0.25, 0.3) is 0 Å². The standard InChI is InChI=1S/C23H28N12O4/c24-18-29-19(25)33-23(32-18)35(8-6-13-2-4-15(37)17(39)10-13)11-28-22-31-20(26)30-21(34-22)27-7-5-12-1-3-14(36)16(38)9-12/h1-4,9-10,36-39H,5-8,11H2,(H4,24,25,29,32,33)(H4,26,27,28,30,31,34). The molecule has 0 atom stereocenters. The fourth-order valence-electron chi connectivity index (χ4n) is 3.54. The molecule has 0 fully saturated rings. The Labute approximate surface area is 222 Å². The molecule has 0 spiro atoms. The molecule has 2 aromatic carbocycles. The van der Waals surface area contributed by atoms with Crippen molar-refractivity contribution in [3.63, 3.8) is 0 Å². The molecule has 0 amide bonds. The number of nitrogens with one attached hydrogen (secondary N) is 2. The van der Waals surface area contributed by atoms with E-state index in [1.54, 1.807) is 17.0 Å². The number of rotatable bonds is 11. The van der Waals surface area contributed by atoms with Gasteiger partial charge in [-0.25, -0.2) is 0 Å². The molecule has 16 nitrogen and oxygen atoms in total. The molecular formula is C23H28N12O4. The second-order valence-electron chi connectivity index (χ2n) is 8.36. The number of hydrogen-bond acceptors (Lipinski definition) is 16. The number of anilines is 6. The average Bonchev–Trinajstić information content (AvgIpc) is 2.87. The first kappa shape index (κ1) is 26.5. The predicted molar refractivity (Wildman–Crippen MR) is 144 cm³/mol. The second-order valence-corrected chi connectivity index (χ2v) is 8.36. The third-order valence-corrected chi connectivity index (χ3v) is 5.47. The third kappa shape index (κ3) is 7.25. The van der Waals surface area contributed by atoms with Crippen LogP contribution >= 0.6 is 0 Å². The van der Waals surface area contributed by atoms with Gasteiger partial charge in [0.25, 0.3) is 0 Å². The first-order valence-electron chi connectivity index (χ1n) is 11.7. The van der Waals surface area contributed by atoms with Crippen molar-refractivity contribution in [2.45, 2.75) is 12.8 Å². The summed E-state index contributed by atoms with van der Waals surface area (Å²) < 4.78 is 0. The Bertz CT molecular complexity index is 1430. The molecule has 12 N–H and O–H groups in total. The Morgan fingerprint density at radius 1 is 0.615 bits per heavy atom. The van der Waals surface area contributed by atoms with Gasteiger partial charge < -0.3 is 53.2 Å². The van der Waals surface area contributed by atoms with Crippen molar-refractivity contribution in [3.05, 3.63) is 47.5 Å². The van der Waals surface area contributed by atoms with Crippen LogP contribution in [0.5, 0.6) is 23.0 Å². The lowest BCUT2D eigenvalue weighted by molar-refractivity contribution is 0.403. The highest BCUT2D eigenvalue weighted by atomic mass is 16.3. The molecule has 0 aliphatic rings. The minimum absolute atomic E-state index is 0.0166. The summed E-state index contributed by atoms with van der Waals surface area (Å²) in [7, 11) is 0. The zero-order chi connectivity index (χ0) is 27.9. The third-order valence-electron chi connectivity index (χ3n) is 5.47. The topological polar surface area (TPSA) is 264 Å². The van der Waals surface area contributed by atoms with E-state index in [-0.39, 0.29) is 65.4 Å². The van der Waals surface area contributed by atoms with Crippen molar-refractivity contribution >= 4 is 35.7 Å². The first-order valence-corrected chi connectivity index (χ1v) is 11.7. The van der Waals surface area contributed by atoms with Gasteiger partial charge in [-0.2, -0.15) is 29.9 Å². The Hall–Kier alpha value is -5.54. The summed E-state index contributed by atoms with van der Waals surface area (Å²) in [5.41, 5.74) is 18.9. The van der Waals surface area contributed by atoms with Crippen LogP contribution in [0.1, 0.15) is 11.1 Å². The lowest BCUT2D eigenvalue weighted by Gasteiger charge is -2.23. The van der Waals surface area contributed by atoms with Gasteiger partial charge in [-0.3, -0.25) is 0 Å². The van der Waals surface area contributed by atoms with Crippen LogP contribution in [0.3, 0.4) is 0 Å². The van der Waals surface area contributed by atoms with Crippen molar-refractivity contribution in [1.29, 1.82) is 0 Å². The molecule has 0 bridgehead atoms. The smallest absolute Gasteiger partial charge is 0.233 e. The monoisotopic (exact) mass is 536 g/mol. The minimum atomic E-state index is -0.228. The van der Waals surface area contributed by atoms with E-state index < -0.39 is 0 Å². The number of nitrogens with zero attached hydrogens (tertiary/aromatic N) is 7. The summed E-state index contributed by atoms with van der Waals surface area (Å²) in [6, 6.07) is 9.12. The predicted octanol–water partition coefficient (Wildman–Crippen LogP) is 0.399. The Morgan fingerprint density at radius 2 is 1.15 bits per heavy atom. The van der Waals surface area contributed by atoms with Crippen molar-refractivity contribution < 1.29 is 20.4 Å². The number of nitrogen functional groups attached to an aromatic ring is 3. The largest absolute Gasteiger partial charge is 0.504 e. The first-order chi connectivity index (χ1) is 18.7. The Balaban J connectivity index is 1.44. The Kier molecular flexibility index (Phi) is 7.94. The molecule has 0 radical (unpaired) electrons. The van der Waals surface area contributed by atoms with Crippen molar-refractivity contribution in [1.82, 2.24) is 29.9 Å². The van der Waals surface area contributed by atoms with Gasteiger partial charge in [0, 0.05) is 13.1 Å². The number of aromatic nitrogens is 6. The highest BCUT2D eigenvalue weighted by Gasteiger charge is 2.14. The number of phenols is 4. The van der Waals surface area contributed by atoms with Gasteiger partial charge in [0.05, 0.1) is 6.67 Å². The van der Waals surface area contributed by atoms with Crippen LogP contribution in [0, 0.1) is 0 Å². The normalized spacial score (nSPS) is 10.8. The molecule has 2 heterocycles. The van der Waals surface area contributed by atoms with Gasteiger partial charge >= 0.3 is 0 Å². The van der Waals surface area contributed by atoms with Crippen LogP contribution in [0.4, 0.5) is 35.7 Å². The van der Waals surface area contributed by atoms with E-state index in [0.29, 0.717) is 25.9 Å². The molecule has 0 saturated heterocycles. The molecule has 39 heavy (non-hydrogen) atoms. The van der Waals surface area contributed by atoms with Gasteiger partial charge in [0.15, 0.2) is 23.0 Å². The molecule has 4 rings (SSSR count). The molecule has 0 saturated carbocycles. The second kappa shape index (κ2) is 11.7. The van der Waals surface area contributed by atoms with Gasteiger partial charge in [0.2, 0.25) is 35.7 Å². The van der Waals surface area contributed by atoms with Gasteiger partial charge in [-0.05, 0) is 48.2 Å². The number of aromatic hydroxyl groups is 4. The molecule has 2 aromatic heterocycles. The molecule has 0 aliphatic heterocycles. The molecule has 16 heteroatoms. The van der Waals surface area contributed by atoms with Crippen LogP contribution in [0.2, 0.25) is 0 Å². The van der Waals surface area contributed by atoms with Crippen molar-refractivity contribution in [3.8, 4) is 23.0 Å². The molecule has 0 unspecified atom stereocenters. The minimum Gasteiger partial charge on any atom is -0.504 e. The molecular weight excluding hydrogens is 508 g/mol. The number of benzene rings is 2. The maximum atomic E-state index is 9.81. The Morgan fingerprint density at radius 3 is 1.74 bits per heavy atom. The number of hydrogen-bond donors (Lipinski definition) is 9. The zero-order valence-electron chi connectivity index (χ0n) is 20.7. The van der Waals surface area contributed by atoms with Crippen molar-refractivity contribution in [2.24, 2.45) is 0 Å². The maximum Gasteiger partial charge on any atom is 0.233 e. The van der Waals surface area contributed by atoms with E-state index in [0.717, 1.165) is 11.1 Å². The van der Waals surface area contributed by atoms with Crippen molar-refractivity contribution in [2.75, 3.05) is 52.5 Å². The summed E-state index contributed by atoms with van der Waals surface area (Å²) in [6.45, 7) is 0.885. The van der Waals surface area contributed by atoms with Crippen LogP contribution < -0.4 is 32.7 Å². The fourth-order valence-corrected chi connectivity index (χ4v) is 3.54. The average molecular weight is 537 g/mol. The summed E-state index contributed by atoms with van der Waals surface area (Å²) in [4.78, 5) is 26.4. The van der Waals surface area contributed by atoms with E-state index in [2.05, 4.69) is 40.5 Å². The fraction of sp³-hybridized carbons (Fsp3) is 0.217. The van der Waals surface area contributed by atoms with Gasteiger partial charge in [0.1, 0.15) is 0 Å². The summed E-state index contributed by atoms with van der Waals surface area (Å²) >= 11 is 0. The lowest BCUT2D eigenvalue weighted by atomic mass is 10.1. The summed E-state index contributed by atoms with van der Waals surface area (Å²) in [5.74, 6) is -0.345. The van der Waals surface area contributed by atoms with E-state index in [1.165, 1.54) is 24.3 Å². The summed E-state index contributed by atoms with van der Waals surface area (Å²) in [6.07, 6.45) is 0.963. The van der Waals surface area contributed by atoms with E-state index >= 15 is 0 Å². The highest BCUT2D eigenvalue weighted by Crippen LogP contribution is 2.26. The quantitative estimate of drug-likeness (QED) is 0.0927. The highest BCUT2D eigenvalue weighted by molar-refractivity contribution is 5.45. The molecule has 204 valence electrons. The van der Waals surface area contributed by atoms with Crippen LogP contribution in [0.15, 0.2) is 36.4 Å². The van der Waals surface area contributed by atoms with Crippen LogP contribution in [-0.2, 0) is 12.8 Å². The number of nitrogens with two attached hydrogens (primary N) is 3. The zero-order valence-corrected chi connectivity index (χ0v) is 20.7. The maximum absolute atomic E-state index is 9.81. The molecule has 0 aliphatic carbocycles. The lowest BCUT2D eigenvalue weighted by Crippen LogP contribution is -2.34. The van der Waals surface area contributed by atoms with Crippen LogP contribution in [-0.4, -0.2) is 70.1 Å². The number of phenolic OH excluding ortho intramolecular Hbond substituents is 4. The molecule has 4 aromatic rings. The van der Waals surface area contributed by atoms with Gasteiger partial charge in [-0.15, -0.1) is 0 Å². The van der Waals surface area contributed by atoms with E-state index in [1.807, 2.05) is 0 Å². The van der Waals surface area contributed by atoms with E-state index in [4.69, 9.17) is 17.2 Å². The summed E-state index contributed by atoms with van der Waals surface area (Å²) in [5, 5.41) is 44.6. The van der Waals surface area contributed by atoms with Gasteiger partial charge in [-0.1, -0.05) is 12.1 Å².